The maximum atomic E-state index is 12.6. The predicted molar refractivity (Wildman–Crippen MR) is 78.1 cm³/mol. The maximum absolute atomic E-state index is 12.6. The largest absolute Gasteiger partial charge is 0.391 e. The van der Waals surface area contributed by atoms with Crippen LogP contribution in [0.25, 0.3) is 0 Å². The molecule has 1 fully saturated rings. The third kappa shape index (κ3) is 4.22. The van der Waals surface area contributed by atoms with Crippen molar-refractivity contribution in [2.45, 2.75) is 23.9 Å². The van der Waals surface area contributed by atoms with Gasteiger partial charge in [0.2, 0.25) is 0 Å². The third-order valence-corrected chi connectivity index (χ3v) is 4.58. The molecule has 0 aromatic heterocycles. The van der Waals surface area contributed by atoms with E-state index in [4.69, 9.17) is 0 Å². The topological polar surface area (TPSA) is 49.4 Å². The molecule has 2 rings (SSSR count). The van der Waals surface area contributed by atoms with Crippen LogP contribution in [0.1, 0.15) is 12.8 Å². The van der Waals surface area contributed by atoms with Gasteiger partial charge >= 0.3 is 12.2 Å². The van der Waals surface area contributed by atoms with Gasteiger partial charge in [-0.15, -0.1) is 0 Å². The number of carbonyl (C=O) groups is 1. The third-order valence-electron chi connectivity index (χ3n) is 3.66. The van der Waals surface area contributed by atoms with Gasteiger partial charge in [0.1, 0.15) is 0 Å². The second-order valence-corrected chi connectivity index (χ2v) is 6.59. The van der Waals surface area contributed by atoms with E-state index < -0.39 is 28.9 Å². The number of hydrogen-bond donors (Lipinski definition) is 1. The molecule has 122 valence electrons. The molecule has 1 saturated heterocycles. The van der Waals surface area contributed by atoms with Crippen molar-refractivity contribution < 1.29 is 22.2 Å². The number of amides is 2. The molecule has 0 radical (unpaired) electrons. The molecular formula is C14H17F3N2O2S. The average molecular weight is 334 g/mol. The maximum Gasteiger partial charge on any atom is 0.391 e. The van der Waals surface area contributed by atoms with Crippen molar-refractivity contribution in [2.75, 3.05) is 24.7 Å². The van der Waals surface area contributed by atoms with Crippen LogP contribution in [0.15, 0.2) is 29.2 Å². The van der Waals surface area contributed by atoms with Crippen molar-refractivity contribution in [3.8, 4) is 0 Å². The number of hydrogen-bond acceptors (Lipinski definition) is 2. The lowest BCUT2D eigenvalue weighted by atomic mass is 9.96. The molecule has 0 aliphatic carbocycles. The summed E-state index contributed by atoms with van der Waals surface area (Å²) >= 11 is 0. The number of rotatable bonds is 2. The molecule has 22 heavy (non-hydrogen) atoms. The molecule has 1 aromatic rings. The second kappa shape index (κ2) is 6.68. The van der Waals surface area contributed by atoms with Gasteiger partial charge < -0.3 is 10.2 Å². The van der Waals surface area contributed by atoms with Crippen molar-refractivity contribution in [1.82, 2.24) is 4.90 Å². The SMILES string of the molecule is C[S@](=O)c1cccc(NC(=O)N2CCC(C(F)(F)F)CC2)c1. The number of carbonyl (C=O) groups excluding carboxylic acids is 1. The van der Waals surface area contributed by atoms with Gasteiger partial charge in [-0.2, -0.15) is 13.2 Å². The average Bonchev–Trinajstić information content (AvgIpc) is 2.46. The highest BCUT2D eigenvalue weighted by Gasteiger charge is 2.41. The fraction of sp³-hybridized carbons (Fsp3) is 0.500. The molecule has 1 heterocycles. The number of anilines is 1. The molecule has 8 heteroatoms. The van der Waals surface area contributed by atoms with Crippen molar-refractivity contribution >= 4 is 22.5 Å². The summed E-state index contributed by atoms with van der Waals surface area (Å²) in [7, 11) is -1.16. The zero-order valence-corrected chi connectivity index (χ0v) is 12.8. The Bertz CT molecular complexity index is 569. The molecule has 4 nitrogen and oxygen atoms in total. The smallest absolute Gasteiger partial charge is 0.325 e. The van der Waals surface area contributed by atoms with Gasteiger partial charge in [0.25, 0.3) is 0 Å². The summed E-state index contributed by atoms with van der Waals surface area (Å²) in [6.07, 6.45) is -2.81. The Morgan fingerprint density at radius 2 is 1.95 bits per heavy atom. The second-order valence-electron chi connectivity index (χ2n) is 5.22. The minimum absolute atomic E-state index is 0.0735. The van der Waals surface area contributed by atoms with E-state index in [0.717, 1.165) is 0 Å². The molecule has 1 aliphatic heterocycles. The minimum atomic E-state index is -4.19. The van der Waals surface area contributed by atoms with E-state index in [1.54, 1.807) is 24.3 Å². The van der Waals surface area contributed by atoms with Gasteiger partial charge in [0.15, 0.2) is 0 Å². The number of piperidine rings is 1. The Balaban J connectivity index is 1.94. The Morgan fingerprint density at radius 1 is 1.32 bits per heavy atom. The number of likely N-dealkylation sites (tertiary alicyclic amines) is 1. The van der Waals surface area contributed by atoms with Gasteiger partial charge in [-0.1, -0.05) is 6.07 Å². The van der Waals surface area contributed by atoms with Gasteiger partial charge in [0, 0.05) is 40.7 Å². The van der Waals surface area contributed by atoms with Crippen LogP contribution in [0.2, 0.25) is 0 Å². The number of halogens is 3. The number of benzene rings is 1. The van der Waals surface area contributed by atoms with Crippen LogP contribution in [0.5, 0.6) is 0 Å². The first-order valence-corrected chi connectivity index (χ1v) is 8.39. The Labute approximate surface area is 129 Å². The molecule has 2 amide bonds. The lowest BCUT2D eigenvalue weighted by Crippen LogP contribution is -2.43. The summed E-state index contributed by atoms with van der Waals surface area (Å²) in [6, 6.07) is 6.16. The molecule has 1 N–H and O–H groups in total. The Morgan fingerprint density at radius 3 is 2.50 bits per heavy atom. The number of urea groups is 1. The van der Waals surface area contributed by atoms with Crippen LogP contribution >= 0.6 is 0 Å². The highest BCUT2D eigenvalue weighted by molar-refractivity contribution is 7.84. The molecule has 1 atom stereocenters. The lowest BCUT2D eigenvalue weighted by molar-refractivity contribution is -0.183. The minimum Gasteiger partial charge on any atom is -0.325 e. The van der Waals surface area contributed by atoms with E-state index in [1.165, 1.54) is 11.2 Å². The van der Waals surface area contributed by atoms with E-state index in [-0.39, 0.29) is 25.9 Å². The van der Waals surface area contributed by atoms with Crippen LogP contribution in [0.3, 0.4) is 0 Å². The van der Waals surface area contributed by atoms with Gasteiger partial charge in [-0.25, -0.2) is 4.79 Å². The van der Waals surface area contributed by atoms with E-state index in [0.29, 0.717) is 10.6 Å². The highest BCUT2D eigenvalue weighted by atomic mass is 32.2. The van der Waals surface area contributed by atoms with Crippen LogP contribution in [-0.4, -0.2) is 40.7 Å². The predicted octanol–water partition coefficient (Wildman–Crippen LogP) is 3.23. The number of nitrogens with zero attached hydrogens (tertiary/aromatic N) is 1. The van der Waals surface area contributed by atoms with Crippen LogP contribution in [0.4, 0.5) is 23.7 Å². The summed E-state index contributed by atoms with van der Waals surface area (Å²) in [6.45, 7) is 0.158. The normalized spacial score (nSPS) is 18.1. The standard InChI is InChI=1S/C14H17F3N2O2S/c1-22(21)12-4-2-3-11(9-12)18-13(20)19-7-5-10(6-8-19)14(15,16)17/h2-4,9-10H,5-8H2,1H3,(H,18,20)/t22-/m0/s1. The Hall–Kier alpha value is -1.57. The first-order valence-electron chi connectivity index (χ1n) is 6.83. The first kappa shape index (κ1) is 16.8. The highest BCUT2D eigenvalue weighted by Crippen LogP contribution is 2.34. The molecule has 0 bridgehead atoms. The van der Waals surface area contributed by atoms with E-state index >= 15 is 0 Å². The summed E-state index contributed by atoms with van der Waals surface area (Å²) in [5.41, 5.74) is 0.482. The fourth-order valence-electron chi connectivity index (χ4n) is 2.37. The number of alkyl halides is 3. The van der Waals surface area contributed by atoms with Crippen molar-refractivity contribution in [2.24, 2.45) is 5.92 Å². The van der Waals surface area contributed by atoms with Crippen molar-refractivity contribution in [3.05, 3.63) is 24.3 Å². The summed E-state index contributed by atoms with van der Waals surface area (Å²) in [4.78, 5) is 14.0. The lowest BCUT2D eigenvalue weighted by Gasteiger charge is -2.32. The molecule has 1 aliphatic rings. The first-order chi connectivity index (χ1) is 10.3. The van der Waals surface area contributed by atoms with Crippen molar-refractivity contribution in [1.29, 1.82) is 0 Å². The van der Waals surface area contributed by atoms with Crippen LogP contribution in [0, 0.1) is 5.92 Å². The van der Waals surface area contributed by atoms with Crippen LogP contribution in [-0.2, 0) is 10.8 Å². The fourth-order valence-corrected chi connectivity index (χ4v) is 2.93. The quantitative estimate of drug-likeness (QED) is 0.903. The molecular weight excluding hydrogens is 317 g/mol. The zero-order chi connectivity index (χ0) is 16.3. The summed E-state index contributed by atoms with van der Waals surface area (Å²) < 4.78 is 49.2. The zero-order valence-electron chi connectivity index (χ0n) is 12.0. The molecule has 0 saturated carbocycles. The molecule has 0 unspecified atom stereocenters. The monoisotopic (exact) mass is 334 g/mol. The summed E-state index contributed by atoms with van der Waals surface area (Å²) in [5, 5.41) is 2.63. The van der Waals surface area contributed by atoms with E-state index in [9.17, 15) is 22.2 Å². The molecule has 1 aromatic carbocycles. The van der Waals surface area contributed by atoms with Crippen LogP contribution < -0.4 is 5.32 Å². The summed E-state index contributed by atoms with van der Waals surface area (Å²) in [5.74, 6) is -1.33. The van der Waals surface area contributed by atoms with Crippen molar-refractivity contribution in [3.63, 3.8) is 0 Å². The van der Waals surface area contributed by atoms with Gasteiger partial charge in [0.05, 0.1) is 5.92 Å². The van der Waals surface area contributed by atoms with E-state index in [1.807, 2.05) is 0 Å². The van der Waals surface area contributed by atoms with E-state index in [2.05, 4.69) is 5.32 Å². The van der Waals surface area contributed by atoms with Gasteiger partial charge in [-0.05, 0) is 31.0 Å². The molecule has 0 spiro atoms. The Kier molecular flexibility index (Phi) is 5.10. The van der Waals surface area contributed by atoms with Gasteiger partial charge in [-0.3, -0.25) is 4.21 Å². The number of nitrogens with one attached hydrogen (secondary N) is 1.